The number of nitrogens with zero attached hydrogens (tertiary/aromatic N) is 1. The van der Waals surface area contributed by atoms with Crippen molar-refractivity contribution < 1.29 is 28.9 Å². The highest BCUT2D eigenvalue weighted by Gasteiger charge is 2.41. The molecule has 1 aliphatic heterocycles. The van der Waals surface area contributed by atoms with Gasteiger partial charge in [0.15, 0.2) is 11.5 Å². The Bertz CT molecular complexity index is 780. The lowest BCUT2D eigenvalue weighted by Gasteiger charge is -2.26. The van der Waals surface area contributed by atoms with Crippen molar-refractivity contribution in [3.63, 3.8) is 0 Å². The van der Waals surface area contributed by atoms with Gasteiger partial charge < -0.3 is 19.3 Å². The van der Waals surface area contributed by atoms with Crippen molar-refractivity contribution in [1.82, 2.24) is 4.90 Å². The number of carbonyl (C=O) groups excluding carboxylic acids is 1. The summed E-state index contributed by atoms with van der Waals surface area (Å²) in [6.45, 7) is 3.47. The van der Waals surface area contributed by atoms with Crippen molar-refractivity contribution >= 4 is 46.3 Å². The molecule has 1 aliphatic rings. The van der Waals surface area contributed by atoms with Gasteiger partial charge in [0.05, 0.1) is 26.2 Å². The average molecular weight is 412 g/mol. The van der Waals surface area contributed by atoms with Crippen molar-refractivity contribution in [2.45, 2.75) is 19.9 Å². The third kappa shape index (κ3) is 4.19. The van der Waals surface area contributed by atoms with Gasteiger partial charge in [0.1, 0.15) is 10.4 Å². The van der Waals surface area contributed by atoms with Gasteiger partial charge in [0.2, 0.25) is 5.75 Å². The second kappa shape index (κ2) is 8.62. The molecule has 1 aromatic rings. The van der Waals surface area contributed by atoms with Crippen LogP contribution in [0.5, 0.6) is 17.2 Å². The number of thiocarbonyl (C=S) groups is 1. The van der Waals surface area contributed by atoms with Gasteiger partial charge in [-0.3, -0.25) is 9.69 Å². The van der Waals surface area contributed by atoms with E-state index in [0.29, 0.717) is 27.7 Å². The number of ether oxygens (including phenoxy) is 3. The molecule has 0 unspecified atom stereocenters. The number of hydrogen-bond donors (Lipinski definition) is 1. The number of carboxylic acids is 1. The number of rotatable bonds is 7. The Morgan fingerprint density at radius 1 is 1.19 bits per heavy atom. The molecule has 1 fully saturated rings. The Balaban J connectivity index is 2.45. The Labute approximate surface area is 167 Å². The predicted molar refractivity (Wildman–Crippen MR) is 107 cm³/mol. The van der Waals surface area contributed by atoms with E-state index in [9.17, 15) is 14.7 Å². The first-order valence-corrected chi connectivity index (χ1v) is 9.27. The minimum Gasteiger partial charge on any atom is -0.493 e. The van der Waals surface area contributed by atoms with Crippen LogP contribution in [0.3, 0.4) is 0 Å². The monoisotopic (exact) mass is 411 g/mol. The van der Waals surface area contributed by atoms with Gasteiger partial charge in [-0.05, 0) is 29.7 Å². The predicted octanol–water partition coefficient (Wildman–Crippen LogP) is 3.02. The smallest absolute Gasteiger partial charge is 0.327 e. The normalized spacial score (nSPS) is 16.8. The van der Waals surface area contributed by atoms with Gasteiger partial charge in [-0.2, -0.15) is 0 Å². The van der Waals surface area contributed by atoms with Crippen LogP contribution in [0.1, 0.15) is 19.4 Å². The van der Waals surface area contributed by atoms with E-state index in [0.717, 1.165) is 16.7 Å². The standard InChI is InChI=1S/C18H21NO6S2/c1-9(2)14(17(21)22)19-16(20)13(27-18(19)26)8-10-6-11(23-3)15(25-5)12(7-10)24-4/h6-9,14H,1-5H3,(H,21,22)/b13-8-/t14-/m0/s1. The van der Waals surface area contributed by atoms with Gasteiger partial charge >= 0.3 is 5.97 Å². The number of hydrogen-bond acceptors (Lipinski definition) is 7. The molecule has 1 N–H and O–H groups in total. The largest absolute Gasteiger partial charge is 0.493 e. The summed E-state index contributed by atoms with van der Waals surface area (Å²) in [7, 11) is 4.50. The van der Waals surface area contributed by atoms with Crippen molar-refractivity contribution in [1.29, 1.82) is 0 Å². The SMILES string of the molecule is COc1cc(/C=C2\SC(=S)N([C@H](C(=O)O)C(C)C)C2=O)cc(OC)c1OC. The first kappa shape index (κ1) is 21.0. The van der Waals surface area contributed by atoms with E-state index in [1.165, 1.54) is 21.3 Å². The third-order valence-electron chi connectivity index (χ3n) is 3.97. The van der Waals surface area contributed by atoms with Crippen LogP contribution in [0, 0.1) is 5.92 Å². The summed E-state index contributed by atoms with van der Waals surface area (Å²) in [5.41, 5.74) is 0.640. The maximum absolute atomic E-state index is 12.8. The maximum Gasteiger partial charge on any atom is 0.327 e. The molecule has 0 radical (unpaired) electrons. The van der Waals surface area contributed by atoms with Crippen molar-refractivity contribution in [3.05, 3.63) is 22.6 Å². The second-order valence-electron chi connectivity index (χ2n) is 6.04. The fourth-order valence-corrected chi connectivity index (χ4v) is 4.08. The molecule has 2 rings (SSSR count). The molecule has 1 aromatic carbocycles. The summed E-state index contributed by atoms with van der Waals surface area (Å²) in [5.74, 6) is -0.468. The van der Waals surface area contributed by atoms with Gasteiger partial charge in [-0.25, -0.2) is 4.79 Å². The van der Waals surface area contributed by atoms with E-state index in [1.54, 1.807) is 32.1 Å². The maximum atomic E-state index is 12.8. The lowest BCUT2D eigenvalue weighted by Crippen LogP contribution is -2.47. The van der Waals surface area contributed by atoms with Crippen LogP contribution in [0.15, 0.2) is 17.0 Å². The zero-order valence-corrected chi connectivity index (χ0v) is 17.3. The van der Waals surface area contributed by atoms with Gasteiger partial charge in [0.25, 0.3) is 5.91 Å². The molecule has 0 aliphatic carbocycles. The molecule has 0 spiro atoms. The summed E-state index contributed by atoms with van der Waals surface area (Å²) in [5, 5.41) is 9.48. The molecule has 9 heteroatoms. The summed E-state index contributed by atoms with van der Waals surface area (Å²) < 4.78 is 16.1. The Hall–Kier alpha value is -2.26. The molecule has 1 heterocycles. The van der Waals surface area contributed by atoms with E-state index in [1.807, 2.05) is 0 Å². The lowest BCUT2D eigenvalue weighted by atomic mass is 10.0. The van der Waals surface area contributed by atoms with Crippen LogP contribution in [0.4, 0.5) is 0 Å². The van der Waals surface area contributed by atoms with E-state index in [-0.39, 0.29) is 10.2 Å². The zero-order valence-electron chi connectivity index (χ0n) is 15.6. The summed E-state index contributed by atoms with van der Waals surface area (Å²) >= 11 is 6.33. The molecule has 27 heavy (non-hydrogen) atoms. The molecular weight excluding hydrogens is 390 g/mol. The summed E-state index contributed by atoms with van der Waals surface area (Å²) in [4.78, 5) is 25.9. The fraction of sp³-hybridized carbons (Fsp3) is 0.389. The molecule has 7 nitrogen and oxygen atoms in total. The van der Waals surface area contributed by atoms with Crippen LogP contribution in [-0.2, 0) is 9.59 Å². The fourth-order valence-electron chi connectivity index (χ4n) is 2.75. The minimum absolute atomic E-state index is 0.222. The van der Waals surface area contributed by atoms with E-state index in [2.05, 4.69) is 0 Å². The number of benzene rings is 1. The Kier molecular flexibility index (Phi) is 6.72. The number of thioether (sulfide) groups is 1. The third-order valence-corrected chi connectivity index (χ3v) is 5.30. The number of carbonyl (C=O) groups is 2. The first-order valence-electron chi connectivity index (χ1n) is 8.05. The second-order valence-corrected chi connectivity index (χ2v) is 7.71. The van der Waals surface area contributed by atoms with Gasteiger partial charge in [-0.15, -0.1) is 0 Å². The van der Waals surface area contributed by atoms with Crippen molar-refractivity contribution in [3.8, 4) is 17.2 Å². The van der Waals surface area contributed by atoms with E-state index in [4.69, 9.17) is 26.4 Å². The molecule has 0 saturated carbocycles. The van der Waals surface area contributed by atoms with Gasteiger partial charge in [-0.1, -0.05) is 37.8 Å². The molecule has 1 amide bonds. The molecule has 0 aromatic heterocycles. The first-order chi connectivity index (χ1) is 12.7. The van der Waals surface area contributed by atoms with Crippen LogP contribution in [-0.4, -0.2) is 53.6 Å². The van der Waals surface area contributed by atoms with Crippen LogP contribution in [0.2, 0.25) is 0 Å². The van der Waals surface area contributed by atoms with Crippen molar-refractivity contribution in [2.24, 2.45) is 5.92 Å². The molecule has 146 valence electrons. The number of methoxy groups -OCH3 is 3. The average Bonchev–Trinajstić information content (AvgIpc) is 2.88. The van der Waals surface area contributed by atoms with Crippen LogP contribution >= 0.6 is 24.0 Å². The Morgan fingerprint density at radius 2 is 1.74 bits per heavy atom. The number of amides is 1. The highest BCUT2D eigenvalue weighted by molar-refractivity contribution is 8.26. The Morgan fingerprint density at radius 3 is 2.15 bits per heavy atom. The van der Waals surface area contributed by atoms with E-state index >= 15 is 0 Å². The van der Waals surface area contributed by atoms with Crippen LogP contribution in [0.25, 0.3) is 6.08 Å². The molecule has 0 bridgehead atoms. The zero-order chi connectivity index (χ0) is 20.3. The minimum atomic E-state index is -1.09. The van der Waals surface area contributed by atoms with Crippen LogP contribution < -0.4 is 14.2 Å². The van der Waals surface area contributed by atoms with Crippen molar-refractivity contribution in [2.75, 3.05) is 21.3 Å². The lowest BCUT2D eigenvalue weighted by molar-refractivity contribution is -0.146. The highest BCUT2D eigenvalue weighted by atomic mass is 32.2. The molecule has 1 saturated heterocycles. The van der Waals surface area contributed by atoms with E-state index < -0.39 is 17.9 Å². The summed E-state index contributed by atoms with van der Waals surface area (Å²) in [6.07, 6.45) is 1.63. The summed E-state index contributed by atoms with van der Waals surface area (Å²) in [6, 6.07) is 2.39. The molecular formula is C18H21NO6S2. The number of carboxylic acid groups (broad SMARTS) is 1. The topological polar surface area (TPSA) is 85.3 Å². The molecule has 1 atom stereocenters. The number of aliphatic carboxylic acids is 1. The quantitative estimate of drug-likeness (QED) is 0.541. The van der Waals surface area contributed by atoms with Gasteiger partial charge in [0, 0.05) is 0 Å². The highest BCUT2D eigenvalue weighted by Crippen LogP contribution is 2.41.